The van der Waals surface area contributed by atoms with Crippen LogP contribution in [0, 0.1) is 5.92 Å². The Bertz CT molecular complexity index is 584. The van der Waals surface area contributed by atoms with Crippen LogP contribution in [0.2, 0.25) is 0 Å². The molecule has 0 fully saturated rings. The minimum atomic E-state index is -0.748. The van der Waals surface area contributed by atoms with E-state index in [1.165, 1.54) is 5.56 Å². The average molecular weight is 393 g/mol. The van der Waals surface area contributed by atoms with Crippen LogP contribution < -0.4 is 4.74 Å². The number of aryl methyl sites for hydroxylation is 1. The van der Waals surface area contributed by atoms with Gasteiger partial charge in [-0.1, -0.05) is 44.7 Å². The molecule has 2 unspecified atom stereocenters. The van der Waals surface area contributed by atoms with Gasteiger partial charge >= 0.3 is 5.97 Å². The topological polar surface area (TPSA) is 83.8 Å². The SMILES string of the molecule is CCc1cccc(OCC(O)CCCC(CCCCCCC(=O)O)C(C)=O)c1. The van der Waals surface area contributed by atoms with Crippen molar-refractivity contribution in [3.05, 3.63) is 29.8 Å². The van der Waals surface area contributed by atoms with E-state index >= 15 is 0 Å². The molecule has 0 aliphatic heterocycles. The lowest BCUT2D eigenvalue weighted by atomic mass is 9.91. The van der Waals surface area contributed by atoms with E-state index in [2.05, 4.69) is 13.0 Å². The molecule has 0 aliphatic rings. The molecular formula is C23H36O5. The molecule has 158 valence electrons. The minimum absolute atomic E-state index is 0.0360. The van der Waals surface area contributed by atoms with E-state index in [1.54, 1.807) is 6.92 Å². The van der Waals surface area contributed by atoms with Crippen LogP contribution in [0.25, 0.3) is 0 Å². The van der Waals surface area contributed by atoms with Crippen LogP contribution in [0.4, 0.5) is 0 Å². The van der Waals surface area contributed by atoms with Crippen LogP contribution in [0.15, 0.2) is 24.3 Å². The van der Waals surface area contributed by atoms with Gasteiger partial charge in [-0.05, 0) is 56.7 Å². The maximum atomic E-state index is 11.8. The van der Waals surface area contributed by atoms with Crippen LogP contribution >= 0.6 is 0 Å². The first-order valence-corrected chi connectivity index (χ1v) is 10.5. The minimum Gasteiger partial charge on any atom is -0.491 e. The van der Waals surface area contributed by atoms with Crippen molar-refractivity contribution >= 4 is 11.8 Å². The number of unbranched alkanes of at least 4 members (excludes halogenated alkanes) is 3. The third-order valence-corrected chi connectivity index (χ3v) is 5.11. The van der Waals surface area contributed by atoms with Crippen LogP contribution in [0.3, 0.4) is 0 Å². The van der Waals surface area contributed by atoms with E-state index < -0.39 is 12.1 Å². The molecule has 1 rings (SSSR count). The summed E-state index contributed by atoms with van der Waals surface area (Å²) in [5, 5.41) is 18.8. The highest BCUT2D eigenvalue weighted by Crippen LogP contribution is 2.20. The Morgan fingerprint density at radius 1 is 1.04 bits per heavy atom. The molecule has 5 heteroatoms. The summed E-state index contributed by atoms with van der Waals surface area (Å²) in [5.41, 5.74) is 1.21. The van der Waals surface area contributed by atoms with Crippen molar-refractivity contribution in [1.29, 1.82) is 0 Å². The van der Waals surface area contributed by atoms with Crippen molar-refractivity contribution in [3.8, 4) is 5.75 Å². The molecule has 0 saturated heterocycles. The molecule has 0 heterocycles. The molecule has 0 aromatic heterocycles. The lowest BCUT2D eigenvalue weighted by Crippen LogP contribution is -2.18. The van der Waals surface area contributed by atoms with Crippen molar-refractivity contribution < 1.29 is 24.5 Å². The monoisotopic (exact) mass is 392 g/mol. The molecule has 0 bridgehead atoms. The number of carbonyl (C=O) groups is 2. The Balaban J connectivity index is 2.20. The fraction of sp³-hybridized carbons (Fsp3) is 0.652. The summed E-state index contributed by atoms with van der Waals surface area (Å²) < 4.78 is 5.68. The molecule has 0 amide bonds. The number of ether oxygens (including phenoxy) is 1. The molecule has 0 spiro atoms. The second-order valence-corrected chi connectivity index (χ2v) is 7.55. The highest BCUT2D eigenvalue weighted by molar-refractivity contribution is 5.78. The standard InChI is InChI=1S/C23H36O5/c1-3-19-10-8-14-22(16-19)28-17-21(25)13-9-12-20(18(2)24)11-6-4-5-7-15-23(26)27/h8,10,14,16,20-21,25H,3-7,9,11-13,15,17H2,1-2H3,(H,26,27). The smallest absolute Gasteiger partial charge is 0.303 e. The molecule has 1 aromatic carbocycles. The van der Waals surface area contributed by atoms with Crippen molar-refractivity contribution in [2.75, 3.05) is 6.61 Å². The molecule has 1 aromatic rings. The summed E-state index contributed by atoms with van der Waals surface area (Å²) >= 11 is 0. The first-order chi connectivity index (χ1) is 13.4. The number of hydrogen-bond donors (Lipinski definition) is 2. The van der Waals surface area contributed by atoms with E-state index in [4.69, 9.17) is 9.84 Å². The summed E-state index contributed by atoms with van der Waals surface area (Å²) in [7, 11) is 0. The van der Waals surface area contributed by atoms with Crippen LogP contribution in [0.5, 0.6) is 5.75 Å². The maximum absolute atomic E-state index is 11.8. The number of rotatable bonds is 16. The number of aliphatic carboxylic acids is 1. The molecule has 2 atom stereocenters. The molecule has 28 heavy (non-hydrogen) atoms. The highest BCUT2D eigenvalue weighted by atomic mass is 16.5. The summed E-state index contributed by atoms with van der Waals surface area (Å²) in [6.07, 6.45) is 7.19. The third kappa shape index (κ3) is 11.1. The van der Waals surface area contributed by atoms with Crippen LogP contribution in [0.1, 0.15) is 77.2 Å². The fourth-order valence-electron chi connectivity index (χ4n) is 3.30. The Kier molecular flexibility index (Phi) is 12.2. The predicted octanol–water partition coefficient (Wildman–Crippen LogP) is 4.79. The third-order valence-electron chi connectivity index (χ3n) is 5.11. The van der Waals surface area contributed by atoms with Gasteiger partial charge in [-0.25, -0.2) is 0 Å². The van der Waals surface area contributed by atoms with Crippen LogP contribution in [-0.4, -0.2) is 34.7 Å². The van der Waals surface area contributed by atoms with E-state index in [9.17, 15) is 14.7 Å². The van der Waals surface area contributed by atoms with Gasteiger partial charge in [-0.2, -0.15) is 0 Å². The van der Waals surface area contributed by atoms with E-state index in [0.29, 0.717) is 12.8 Å². The second kappa shape index (κ2) is 14.2. The van der Waals surface area contributed by atoms with Crippen molar-refractivity contribution in [1.82, 2.24) is 0 Å². The summed E-state index contributed by atoms with van der Waals surface area (Å²) in [6, 6.07) is 7.90. The first kappa shape index (κ1) is 24.2. The Morgan fingerprint density at radius 2 is 1.75 bits per heavy atom. The number of aliphatic hydroxyl groups excluding tert-OH is 1. The van der Waals surface area contributed by atoms with Gasteiger partial charge in [0.2, 0.25) is 0 Å². The fourth-order valence-corrected chi connectivity index (χ4v) is 3.30. The van der Waals surface area contributed by atoms with Gasteiger partial charge in [0.25, 0.3) is 0 Å². The average Bonchev–Trinajstić information content (AvgIpc) is 2.67. The van der Waals surface area contributed by atoms with Crippen molar-refractivity contribution in [2.24, 2.45) is 5.92 Å². The number of ketones is 1. The second-order valence-electron chi connectivity index (χ2n) is 7.55. The predicted molar refractivity (Wildman–Crippen MR) is 111 cm³/mol. The number of carbonyl (C=O) groups excluding carboxylic acids is 1. The van der Waals surface area contributed by atoms with Gasteiger partial charge in [-0.3, -0.25) is 9.59 Å². The van der Waals surface area contributed by atoms with Gasteiger partial charge in [0.1, 0.15) is 18.1 Å². The zero-order chi connectivity index (χ0) is 20.8. The number of carboxylic acids is 1. The first-order valence-electron chi connectivity index (χ1n) is 10.5. The zero-order valence-corrected chi connectivity index (χ0v) is 17.4. The zero-order valence-electron chi connectivity index (χ0n) is 17.4. The molecular weight excluding hydrogens is 356 g/mol. The molecule has 0 saturated carbocycles. The normalized spacial score (nSPS) is 13.1. The molecule has 5 nitrogen and oxygen atoms in total. The van der Waals surface area contributed by atoms with Gasteiger partial charge in [0.15, 0.2) is 0 Å². The number of hydrogen-bond acceptors (Lipinski definition) is 4. The quantitative estimate of drug-likeness (QED) is 0.395. The highest BCUT2D eigenvalue weighted by Gasteiger charge is 2.15. The molecule has 2 N–H and O–H groups in total. The Hall–Kier alpha value is -1.88. The van der Waals surface area contributed by atoms with Crippen molar-refractivity contribution in [3.63, 3.8) is 0 Å². The molecule has 0 radical (unpaired) electrons. The van der Waals surface area contributed by atoms with E-state index in [-0.39, 0.29) is 24.7 Å². The largest absolute Gasteiger partial charge is 0.491 e. The van der Waals surface area contributed by atoms with Crippen LogP contribution in [-0.2, 0) is 16.0 Å². The number of aliphatic hydroxyl groups is 1. The van der Waals surface area contributed by atoms with Gasteiger partial charge in [0.05, 0.1) is 6.10 Å². The Morgan fingerprint density at radius 3 is 2.43 bits per heavy atom. The van der Waals surface area contributed by atoms with E-state index in [1.807, 2.05) is 18.2 Å². The van der Waals surface area contributed by atoms with Gasteiger partial charge in [0, 0.05) is 12.3 Å². The number of benzene rings is 1. The molecule has 0 aliphatic carbocycles. The van der Waals surface area contributed by atoms with Gasteiger partial charge < -0.3 is 14.9 Å². The van der Waals surface area contributed by atoms with E-state index in [0.717, 1.165) is 50.7 Å². The number of Topliss-reactive ketones (excluding diaryl/α,β-unsaturated/α-hetero) is 1. The summed E-state index contributed by atoms with van der Waals surface area (Å²) in [5.74, 6) is 0.270. The van der Waals surface area contributed by atoms with Crippen molar-refractivity contribution in [2.45, 2.75) is 84.2 Å². The van der Waals surface area contributed by atoms with Gasteiger partial charge in [-0.15, -0.1) is 0 Å². The maximum Gasteiger partial charge on any atom is 0.303 e. The summed E-state index contributed by atoms with van der Waals surface area (Å²) in [6.45, 7) is 3.99. The lowest BCUT2D eigenvalue weighted by molar-refractivity contribution is -0.137. The Labute approximate surface area is 169 Å². The summed E-state index contributed by atoms with van der Waals surface area (Å²) in [4.78, 5) is 22.3. The number of carboxylic acid groups (broad SMARTS) is 1. The lowest BCUT2D eigenvalue weighted by Gasteiger charge is -2.16.